The molecule has 2 rings (SSSR count). The summed E-state index contributed by atoms with van der Waals surface area (Å²) in [6.45, 7) is 8.01. The molecule has 1 aromatic carbocycles. The molecule has 0 aromatic heterocycles. The van der Waals surface area contributed by atoms with E-state index >= 15 is 0 Å². The third-order valence-electron chi connectivity index (χ3n) is 3.50. The number of piperazine rings is 1. The predicted molar refractivity (Wildman–Crippen MR) is 79.6 cm³/mol. The number of aryl methyl sites for hydroxylation is 1. The van der Waals surface area contributed by atoms with E-state index in [1.54, 1.807) is 27.7 Å². The Morgan fingerprint density at radius 1 is 1.36 bits per heavy atom. The fourth-order valence-corrected chi connectivity index (χ4v) is 2.43. The Hall–Kier alpha value is -1.69. The van der Waals surface area contributed by atoms with Crippen LogP contribution in [0.2, 0.25) is 0 Å². The van der Waals surface area contributed by atoms with Crippen LogP contribution in [0.5, 0.6) is 0 Å². The standard InChI is InChI=1S/C16H22F2N2O2/c1-10-5-6-11(17)13(14(10)18)12-9-20(8-7-19-12)15(21)22-16(2,3)4/h5-6,12,19H,7-9H2,1-4H3. The zero-order valence-electron chi connectivity index (χ0n) is 13.4. The van der Waals surface area contributed by atoms with Gasteiger partial charge >= 0.3 is 6.09 Å². The highest BCUT2D eigenvalue weighted by atomic mass is 19.1. The lowest BCUT2D eigenvalue weighted by Crippen LogP contribution is -2.50. The zero-order valence-corrected chi connectivity index (χ0v) is 13.4. The highest BCUT2D eigenvalue weighted by Crippen LogP contribution is 2.26. The first-order valence-electron chi connectivity index (χ1n) is 7.35. The second-order valence-electron chi connectivity index (χ2n) is 6.53. The van der Waals surface area contributed by atoms with Crippen molar-refractivity contribution in [1.29, 1.82) is 0 Å². The Morgan fingerprint density at radius 2 is 2.05 bits per heavy atom. The molecule has 122 valence electrons. The second-order valence-corrected chi connectivity index (χ2v) is 6.53. The summed E-state index contributed by atoms with van der Waals surface area (Å²) in [4.78, 5) is 13.6. The molecule has 0 radical (unpaired) electrons. The first-order chi connectivity index (χ1) is 10.2. The number of rotatable bonds is 1. The molecule has 1 fully saturated rings. The number of nitrogens with one attached hydrogen (secondary N) is 1. The number of carbonyl (C=O) groups excluding carboxylic acids is 1. The normalized spacial score (nSPS) is 19.2. The Morgan fingerprint density at radius 3 is 2.68 bits per heavy atom. The Balaban J connectivity index is 2.18. The number of amides is 1. The van der Waals surface area contributed by atoms with E-state index < -0.39 is 29.4 Å². The molecule has 1 amide bonds. The number of benzene rings is 1. The van der Waals surface area contributed by atoms with Crippen LogP contribution in [0.15, 0.2) is 12.1 Å². The van der Waals surface area contributed by atoms with Crippen LogP contribution in [0.1, 0.15) is 37.9 Å². The molecule has 1 heterocycles. The van der Waals surface area contributed by atoms with Gasteiger partial charge in [0.25, 0.3) is 0 Å². The average Bonchev–Trinajstić information content (AvgIpc) is 2.42. The van der Waals surface area contributed by atoms with E-state index in [0.717, 1.165) is 0 Å². The number of halogens is 2. The molecule has 1 aliphatic rings. The van der Waals surface area contributed by atoms with E-state index in [1.807, 2.05) is 0 Å². The van der Waals surface area contributed by atoms with Gasteiger partial charge in [0, 0.05) is 25.2 Å². The molecule has 1 saturated heterocycles. The maximum Gasteiger partial charge on any atom is 0.410 e. The molecular weight excluding hydrogens is 290 g/mol. The van der Waals surface area contributed by atoms with E-state index in [1.165, 1.54) is 17.0 Å². The number of hydrogen-bond donors (Lipinski definition) is 1. The van der Waals surface area contributed by atoms with Gasteiger partial charge in [0.1, 0.15) is 17.2 Å². The van der Waals surface area contributed by atoms with Crippen LogP contribution >= 0.6 is 0 Å². The molecule has 0 bridgehead atoms. The first kappa shape index (κ1) is 16.7. The first-order valence-corrected chi connectivity index (χ1v) is 7.35. The average molecular weight is 312 g/mol. The topological polar surface area (TPSA) is 41.6 Å². The molecule has 1 N–H and O–H groups in total. The Kier molecular flexibility index (Phi) is 4.70. The summed E-state index contributed by atoms with van der Waals surface area (Å²) in [6, 6.07) is 2.07. The Bertz CT molecular complexity index is 570. The van der Waals surface area contributed by atoms with Crippen LogP contribution in [-0.2, 0) is 4.74 Å². The number of carbonyl (C=O) groups is 1. The lowest BCUT2D eigenvalue weighted by molar-refractivity contribution is 0.0192. The molecule has 0 saturated carbocycles. The van der Waals surface area contributed by atoms with Gasteiger partial charge in [-0.15, -0.1) is 0 Å². The van der Waals surface area contributed by atoms with Crippen LogP contribution in [-0.4, -0.2) is 36.2 Å². The van der Waals surface area contributed by atoms with Crippen molar-refractivity contribution in [3.05, 3.63) is 34.9 Å². The summed E-state index contributed by atoms with van der Waals surface area (Å²) in [5.41, 5.74) is -0.238. The number of nitrogens with zero attached hydrogens (tertiary/aromatic N) is 1. The van der Waals surface area contributed by atoms with Gasteiger partial charge in [0.15, 0.2) is 0 Å². The molecule has 4 nitrogen and oxygen atoms in total. The summed E-state index contributed by atoms with van der Waals surface area (Å²) >= 11 is 0. The minimum atomic E-state index is -0.605. The number of hydrogen-bond acceptors (Lipinski definition) is 3. The van der Waals surface area contributed by atoms with Gasteiger partial charge in [-0.1, -0.05) is 6.07 Å². The van der Waals surface area contributed by atoms with Gasteiger partial charge in [0.2, 0.25) is 0 Å². The monoisotopic (exact) mass is 312 g/mol. The quantitative estimate of drug-likeness (QED) is 0.866. The molecule has 22 heavy (non-hydrogen) atoms. The number of ether oxygens (including phenoxy) is 1. The van der Waals surface area contributed by atoms with E-state index in [0.29, 0.717) is 18.7 Å². The molecule has 6 heteroatoms. The summed E-state index contributed by atoms with van der Waals surface area (Å²) < 4.78 is 33.5. The van der Waals surface area contributed by atoms with E-state index in [2.05, 4.69) is 5.32 Å². The van der Waals surface area contributed by atoms with Gasteiger partial charge in [0.05, 0.1) is 6.04 Å². The van der Waals surface area contributed by atoms with Gasteiger partial charge < -0.3 is 15.0 Å². The molecular formula is C16H22F2N2O2. The molecule has 0 spiro atoms. The van der Waals surface area contributed by atoms with Crippen molar-refractivity contribution in [3.63, 3.8) is 0 Å². The molecule has 1 unspecified atom stereocenters. The van der Waals surface area contributed by atoms with Crippen molar-refractivity contribution in [2.45, 2.75) is 39.3 Å². The third kappa shape index (κ3) is 3.74. The third-order valence-corrected chi connectivity index (χ3v) is 3.50. The lowest BCUT2D eigenvalue weighted by atomic mass is 10.0. The van der Waals surface area contributed by atoms with Gasteiger partial charge in [-0.05, 0) is 39.3 Å². The lowest BCUT2D eigenvalue weighted by Gasteiger charge is -2.35. The van der Waals surface area contributed by atoms with Crippen molar-refractivity contribution in [1.82, 2.24) is 10.2 Å². The van der Waals surface area contributed by atoms with Crippen LogP contribution < -0.4 is 5.32 Å². The molecule has 0 aliphatic carbocycles. The van der Waals surface area contributed by atoms with E-state index in [9.17, 15) is 13.6 Å². The maximum absolute atomic E-state index is 14.2. The SMILES string of the molecule is Cc1ccc(F)c(C2CN(C(=O)OC(C)(C)C)CCN2)c1F. The van der Waals surface area contributed by atoms with Crippen LogP contribution in [0.3, 0.4) is 0 Å². The van der Waals surface area contributed by atoms with Crippen LogP contribution in [0.4, 0.5) is 13.6 Å². The summed E-state index contributed by atoms with van der Waals surface area (Å²) in [6.07, 6.45) is -0.465. The molecule has 1 aromatic rings. The highest BCUT2D eigenvalue weighted by molar-refractivity contribution is 5.68. The van der Waals surface area contributed by atoms with Gasteiger partial charge in [-0.25, -0.2) is 13.6 Å². The van der Waals surface area contributed by atoms with Crippen LogP contribution in [0, 0.1) is 18.6 Å². The molecule has 1 aliphatic heterocycles. The van der Waals surface area contributed by atoms with Crippen molar-refractivity contribution in [3.8, 4) is 0 Å². The maximum atomic E-state index is 14.2. The minimum absolute atomic E-state index is 0.0201. The molecule has 1 atom stereocenters. The fourth-order valence-electron chi connectivity index (χ4n) is 2.43. The highest BCUT2D eigenvalue weighted by Gasteiger charge is 2.31. The summed E-state index contributed by atoms with van der Waals surface area (Å²) in [5, 5.41) is 3.06. The smallest absolute Gasteiger partial charge is 0.410 e. The van der Waals surface area contributed by atoms with Gasteiger partial charge in [-0.2, -0.15) is 0 Å². The summed E-state index contributed by atoms with van der Waals surface area (Å²) in [5.74, 6) is -1.17. The Labute approximate surface area is 129 Å². The predicted octanol–water partition coefficient (Wildman–Crippen LogP) is 3.15. The fraction of sp³-hybridized carbons (Fsp3) is 0.562. The van der Waals surface area contributed by atoms with Crippen molar-refractivity contribution in [2.24, 2.45) is 0 Å². The van der Waals surface area contributed by atoms with Gasteiger partial charge in [-0.3, -0.25) is 0 Å². The second kappa shape index (κ2) is 6.20. The van der Waals surface area contributed by atoms with E-state index in [4.69, 9.17) is 4.74 Å². The van der Waals surface area contributed by atoms with Crippen molar-refractivity contribution >= 4 is 6.09 Å². The minimum Gasteiger partial charge on any atom is -0.444 e. The van der Waals surface area contributed by atoms with Crippen molar-refractivity contribution in [2.75, 3.05) is 19.6 Å². The van der Waals surface area contributed by atoms with Crippen molar-refractivity contribution < 1.29 is 18.3 Å². The summed E-state index contributed by atoms with van der Waals surface area (Å²) in [7, 11) is 0. The van der Waals surface area contributed by atoms with Crippen LogP contribution in [0.25, 0.3) is 0 Å². The zero-order chi connectivity index (χ0) is 16.5. The largest absolute Gasteiger partial charge is 0.444 e. The van der Waals surface area contributed by atoms with E-state index in [-0.39, 0.29) is 12.1 Å².